The van der Waals surface area contributed by atoms with Gasteiger partial charge in [0.15, 0.2) is 5.78 Å². The SMILES string of the molecule is CCCCCCCCCCSC1=C(SCCCCCCCCCC)SC(=C2c3ccccc3C(=O)c3ccccc32)S1. The van der Waals surface area contributed by atoms with Crippen molar-refractivity contribution >= 4 is 58.4 Å². The topological polar surface area (TPSA) is 17.1 Å². The molecule has 0 radical (unpaired) electrons. The van der Waals surface area contributed by atoms with Crippen molar-refractivity contribution in [2.24, 2.45) is 0 Å². The van der Waals surface area contributed by atoms with Gasteiger partial charge in [-0.25, -0.2) is 0 Å². The van der Waals surface area contributed by atoms with Gasteiger partial charge in [0.25, 0.3) is 0 Å². The Hall–Kier alpha value is -1.01. The Morgan fingerprint density at radius 2 is 0.857 bits per heavy atom. The Morgan fingerprint density at radius 3 is 1.26 bits per heavy atom. The number of hydrogen-bond acceptors (Lipinski definition) is 5. The fraction of sp³-hybridized carbons (Fsp3) is 0.541. The molecule has 0 saturated carbocycles. The first-order chi connectivity index (χ1) is 20.7. The third-order valence-electron chi connectivity index (χ3n) is 8.09. The van der Waals surface area contributed by atoms with Crippen LogP contribution in [0, 0.1) is 0 Å². The molecular formula is C37H50OS4. The van der Waals surface area contributed by atoms with Crippen LogP contribution in [0.5, 0.6) is 0 Å². The number of thioether (sulfide) groups is 4. The van der Waals surface area contributed by atoms with E-state index < -0.39 is 0 Å². The number of fused-ring (bicyclic) bond motifs is 2. The number of carbonyl (C=O) groups is 1. The lowest BCUT2D eigenvalue weighted by atomic mass is 9.82. The second kappa shape index (κ2) is 19.4. The summed E-state index contributed by atoms with van der Waals surface area (Å²) in [6, 6.07) is 16.4. The maximum atomic E-state index is 13.3. The first-order valence-corrected chi connectivity index (χ1v) is 20.2. The lowest BCUT2D eigenvalue weighted by molar-refractivity contribution is 0.103. The van der Waals surface area contributed by atoms with Crippen molar-refractivity contribution in [3.8, 4) is 0 Å². The molecule has 0 saturated heterocycles. The molecular weight excluding hydrogens is 589 g/mol. The standard InChI is InChI=1S/C37H50OS4/c1-3-5-7-9-11-13-15-21-27-39-36-37(40-28-22-16-14-12-10-8-6-4-2)42-35(41-36)33-29-23-17-19-25-31(29)34(38)32-26-20-18-24-30(32)33/h17-20,23-26H,3-16,21-22,27-28H2,1-2H3. The van der Waals surface area contributed by atoms with Crippen LogP contribution < -0.4 is 0 Å². The maximum absolute atomic E-state index is 13.3. The summed E-state index contributed by atoms with van der Waals surface area (Å²) < 4.78 is 4.32. The molecule has 42 heavy (non-hydrogen) atoms. The van der Waals surface area contributed by atoms with E-state index in [1.165, 1.54) is 133 Å². The van der Waals surface area contributed by atoms with Crippen molar-refractivity contribution in [3.63, 3.8) is 0 Å². The van der Waals surface area contributed by atoms with Gasteiger partial charge in [-0.05, 0) is 35.5 Å². The summed E-state index contributed by atoms with van der Waals surface area (Å²) in [7, 11) is 0. The molecule has 2 aromatic carbocycles. The van der Waals surface area contributed by atoms with Gasteiger partial charge in [0.2, 0.25) is 0 Å². The third-order valence-corrected chi connectivity index (χ3v) is 13.8. The average molecular weight is 639 g/mol. The molecule has 0 amide bonds. The zero-order valence-corrected chi connectivity index (χ0v) is 29.2. The molecule has 1 heterocycles. The number of rotatable bonds is 20. The Kier molecular flexibility index (Phi) is 15.6. The van der Waals surface area contributed by atoms with Crippen molar-refractivity contribution in [1.82, 2.24) is 0 Å². The molecule has 1 aliphatic heterocycles. The van der Waals surface area contributed by atoms with Crippen LogP contribution >= 0.6 is 47.0 Å². The van der Waals surface area contributed by atoms with Crippen LogP contribution in [-0.4, -0.2) is 17.3 Å². The molecule has 1 nitrogen and oxygen atoms in total. The lowest BCUT2D eigenvalue weighted by Gasteiger charge is -2.23. The van der Waals surface area contributed by atoms with Crippen LogP contribution in [0.2, 0.25) is 0 Å². The zero-order valence-electron chi connectivity index (χ0n) is 25.9. The fourth-order valence-electron chi connectivity index (χ4n) is 5.66. The molecule has 2 aromatic rings. The minimum atomic E-state index is 0.153. The van der Waals surface area contributed by atoms with Crippen molar-refractivity contribution in [1.29, 1.82) is 0 Å². The minimum Gasteiger partial charge on any atom is -0.289 e. The molecule has 0 aromatic heterocycles. The monoisotopic (exact) mass is 638 g/mol. The van der Waals surface area contributed by atoms with E-state index in [1.54, 1.807) is 0 Å². The van der Waals surface area contributed by atoms with E-state index in [9.17, 15) is 4.79 Å². The van der Waals surface area contributed by atoms with Gasteiger partial charge >= 0.3 is 0 Å². The Bertz CT molecular complexity index is 1110. The van der Waals surface area contributed by atoms with Gasteiger partial charge in [-0.15, -0.1) is 23.5 Å². The number of hydrogen-bond donors (Lipinski definition) is 0. The zero-order chi connectivity index (χ0) is 29.4. The van der Waals surface area contributed by atoms with Gasteiger partial charge in [-0.3, -0.25) is 4.79 Å². The predicted molar refractivity (Wildman–Crippen MR) is 195 cm³/mol. The van der Waals surface area contributed by atoms with Gasteiger partial charge in [0, 0.05) is 16.7 Å². The lowest BCUT2D eigenvalue weighted by Crippen LogP contribution is -2.14. The van der Waals surface area contributed by atoms with Gasteiger partial charge < -0.3 is 0 Å². The largest absolute Gasteiger partial charge is 0.289 e. The van der Waals surface area contributed by atoms with Crippen LogP contribution in [0.1, 0.15) is 144 Å². The highest BCUT2D eigenvalue weighted by molar-refractivity contribution is 8.40. The molecule has 0 N–H and O–H groups in total. The first-order valence-electron chi connectivity index (χ1n) is 16.6. The van der Waals surface area contributed by atoms with E-state index >= 15 is 0 Å². The predicted octanol–water partition coefficient (Wildman–Crippen LogP) is 13.3. The van der Waals surface area contributed by atoms with Gasteiger partial charge in [-0.2, -0.15) is 0 Å². The summed E-state index contributed by atoms with van der Waals surface area (Å²) in [6.45, 7) is 4.58. The highest BCUT2D eigenvalue weighted by atomic mass is 32.3. The average Bonchev–Trinajstić information content (AvgIpc) is 3.41. The van der Waals surface area contributed by atoms with E-state index in [0.29, 0.717) is 0 Å². The smallest absolute Gasteiger partial charge is 0.194 e. The van der Waals surface area contributed by atoms with Crippen molar-refractivity contribution in [2.45, 2.75) is 117 Å². The molecule has 0 fully saturated rings. The summed E-state index contributed by atoms with van der Waals surface area (Å²) in [4.78, 5) is 13.3. The summed E-state index contributed by atoms with van der Waals surface area (Å²) in [5.41, 5.74) is 5.13. The number of unbranched alkanes of at least 4 members (excludes halogenated alkanes) is 14. The molecule has 5 heteroatoms. The highest BCUT2D eigenvalue weighted by Crippen LogP contribution is 2.61. The highest BCUT2D eigenvalue weighted by Gasteiger charge is 2.32. The number of benzene rings is 2. The Labute approximate surface area is 273 Å². The minimum absolute atomic E-state index is 0.153. The van der Waals surface area contributed by atoms with E-state index in [4.69, 9.17) is 0 Å². The summed E-state index contributed by atoms with van der Waals surface area (Å²) in [6.07, 6.45) is 21.9. The second-order valence-electron chi connectivity index (χ2n) is 11.5. The molecule has 0 atom stereocenters. The van der Waals surface area contributed by atoms with Crippen molar-refractivity contribution < 1.29 is 4.79 Å². The molecule has 4 rings (SSSR count). The Balaban J connectivity index is 1.40. The first kappa shape index (κ1) is 33.9. The van der Waals surface area contributed by atoms with Gasteiger partial charge in [0.05, 0.1) is 12.7 Å². The molecule has 0 bridgehead atoms. The quantitative estimate of drug-likeness (QED) is 0.114. The van der Waals surface area contributed by atoms with Crippen molar-refractivity contribution in [3.05, 3.63) is 83.5 Å². The molecule has 2 aliphatic rings. The molecule has 1 aliphatic carbocycles. The fourth-order valence-corrected chi connectivity index (χ4v) is 11.8. The summed E-state index contributed by atoms with van der Waals surface area (Å²) >= 11 is 8.08. The maximum Gasteiger partial charge on any atom is 0.194 e. The number of ketones is 1. The Morgan fingerprint density at radius 1 is 0.500 bits per heavy atom. The van der Waals surface area contributed by atoms with Gasteiger partial charge in [0.1, 0.15) is 0 Å². The summed E-state index contributed by atoms with van der Waals surface area (Å²) in [5.74, 6) is 2.56. The van der Waals surface area contributed by atoms with E-state index in [-0.39, 0.29) is 5.78 Å². The molecule has 0 spiro atoms. The summed E-state index contributed by atoms with van der Waals surface area (Å²) in [5, 5.41) is 0. The normalized spacial score (nSPS) is 14.6. The third kappa shape index (κ3) is 10.0. The van der Waals surface area contributed by atoms with Crippen LogP contribution in [0.3, 0.4) is 0 Å². The number of carbonyl (C=O) groups excluding carboxylic acids is 1. The molecule has 0 unspecified atom stereocenters. The van der Waals surface area contributed by atoms with Crippen LogP contribution in [0.4, 0.5) is 0 Å². The van der Waals surface area contributed by atoms with Crippen molar-refractivity contribution in [2.75, 3.05) is 11.5 Å². The van der Waals surface area contributed by atoms with Gasteiger partial charge in [-0.1, -0.05) is 176 Å². The van der Waals surface area contributed by atoms with Crippen LogP contribution in [0.25, 0.3) is 5.57 Å². The second-order valence-corrected chi connectivity index (χ2v) is 16.5. The van der Waals surface area contributed by atoms with Crippen LogP contribution in [-0.2, 0) is 0 Å². The van der Waals surface area contributed by atoms with E-state index in [0.717, 1.165) is 22.3 Å². The van der Waals surface area contributed by atoms with Crippen LogP contribution in [0.15, 0.2) is 61.2 Å². The van der Waals surface area contributed by atoms with E-state index in [1.807, 2.05) is 47.8 Å². The molecule has 228 valence electrons. The van der Waals surface area contributed by atoms with E-state index in [2.05, 4.69) is 61.6 Å².